The number of nitrogens with one attached hydrogen (secondary N) is 1. The van der Waals surface area contributed by atoms with Crippen molar-refractivity contribution in [3.8, 4) is 5.75 Å². The fourth-order valence-electron chi connectivity index (χ4n) is 3.61. The van der Waals surface area contributed by atoms with E-state index in [9.17, 15) is 18.4 Å². The molecule has 1 saturated heterocycles. The summed E-state index contributed by atoms with van der Waals surface area (Å²) in [4.78, 5) is 25.6. The molecule has 166 valence electrons. The van der Waals surface area contributed by atoms with Gasteiger partial charge in [-0.15, -0.1) is 0 Å². The molecule has 1 aliphatic heterocycles. The molecule has 0 bridgehead atoms. The van der Waals surface area contributed by atoms with Crippen molar-refractivity contribution in [1.82, 2.24) is 10.2 Å². The van der Waals surface area contributed by atoms with Crippen LogP contribution in [-0.4, -0.2) is 53.5 Å². The van der Waals surface area contributed by atoms with E-state index < -0.39 is 36.3 Å². The monoisotopic (exact) mass is 432 g/mol. The van der Waals surface area contributed by atoms with Gasteiger partial charge in [0.1, 0.15) is 12.4 Å². The molecule has 0 saturated carbocycles. The highest BCUT2D eigenvalue weighted by molar-refractivity contribution is 5.87. The summed E-state index contributed by atoms with van der Waals surface area (Å²) >= 11 is 0. The van der Waals surface area contributed by atoms with E-state index in [0.29, 0.717) is 17.9 Å². The van der Waals surface area contributed by atoms with E-state index >= 15 is 0 Å². The average molecular weight is 432 g/mol. The smallest absolute Gasteiger partial charge is 0.335 e. The minimum Gasteiger partial charge on any atom is -0.492 e. The first kappa shape index (κ1) is 22.7. The van der Waals surface area contributed by atoms with Crippen molar-refractivity contribution < 1.29 is 28.2 Å². The van der Waals surface area contributed by atoms with Gasteiger partial charge in [-0.1, -0.05) is 30.3 Å². The van der Waals surface area contributed by atoms with Crippen molar-refractivity contribution in [3.63, 3.8) is 0 Å². The van der Waals surface area contributed by atoms with Crippen LogP contribution in [0.2, 0.25) is 0 Å². The Balaban J connectivity index is 1.62. The van der Waals surface area contributed by atoms with Gasteiger partial charge in [0.15, 0.2) is 0 Å². The quantitative estimate of drug-likeness (QED) is 0.665. The molecule has 1 amide bonds. The lowest BCUT2D eigenvalue weighted by molar-refractivity contribution is -0.138. The zero-order valence-corrected chi connectivity index (χ0v) is 17.3. The Morgan fingerprint density at radius 1 is 1.19 bits per heavy atom. The lowest BCUT2D eigenvalue weighted by Gasteiger charge is -2.38. The Hall–Kier alpha value is -3.00. The van der Waals surface area contributed by atoms with Crippen LogP contribution in [0, 0.1) is 0 Å². The topological polar surface area (TPSA) is 78.9 Å². The minimum atomic E-state index is -2.90. The van der Waals surface area contributed by atoms with E-state index in [1.54, 1.807) is 24.0 Å². The van der Waals surface area contributed by atoms with Crippen molar-refractivity contribution in [3.05, 3.63) is 65.7 Å². The van der Waals surface area contributed by atoms with Crippen LogP contribution in [-0.2, 0) is 4.79 Å². The first-order valence-corrected chi connectivity index (χ1v) is 10.2. The minimum absolute atomic E-state index is 0.102. The molecule has 2 N–H and O–H groups in total. The van der Waals surface area contributed by atoms with Crippen LogP contribution in [0.5, 0.6) is 5.75 Å². The number of benzene rings is 2. The van der Waals surface area contributed by atoms with Crippen LogP contribution in [0.4, 0.5) is 8.78 Å². The fraction of sp³-hybridized carbons (Fsp3) is 0.391. The summed E-state index contributed by atoms with van der Waals surface area (Å²) in [6.07, 6.45) is -0.844. The third-order valence-corrected chi connectivity index (χ3v) is 5.41. The van der Waals surface area contributed by atoms with Gasteiger partial charge < -0.3 is 15.2 Å². The van der Waals surface area contributed by atoms with Gasteiger partial charge in [0.05, 0.1) is 17.6 Å². The Bertz CT molecular complexity index is 890. The summed E-state index contributed by atoms with van der Waals surface area (Å²) in [6.45, 7) is 2.47. The number of halogens is 2. The number of amides is 1. The van der Waals surface area contributed by atoms with Crippen LogP contribution < -0.4 is 10.1 Å². The maximum absolute atomic E-state index is 14.1. The van der Waals surface area contributed by atoms with Gasteiger partial charge in [0.25, 0.3) is 5.92 Å². The Labute approximate surface area is 179 Å². The van der Waals surface area contributed by atoms with Crippen molar-refractivity contribution in [1.29, 1.82) is 0 Å². The van der Waals surface area contributed by atoms with Crippen LogP contribution in [0.25, 0.3) is 0 Å². The fourth-order valence-corrected chi connectivity index (χ4v) is 3.61. The van der Waals surface area contributed by atoms with E-state index in [1.165, 1.54) is 12.1 Å². The SMILES string of the molecule is CC(NC(=O)[C@H]1CC(F)(F)CCN1CCOc1ccccc1)c1ccc(C(=O)O)cc1. The number of aromatic carboxylic acids is 1. The normalized spacial score (nSPS) is 19.4. The Morgan fingerprint density at radius 3 is 2.52 bits per heavy atom. The number of rotatable bonds is 8. The highest BCUT2D eigenvalue weighted by Gasteiger charge is 2.43. The van der Waals surface area contributed by atoms with Gasteiger partial charge in [-0.25, -0.2) is 13.6 Å². The molecule has 0 radical (unpaired) electrons. The summed E-state index contributed by atoms with van der Waals surface area (Å²) in [7, 11) is 0. The molecule has 0 spiro atoms. The molecular formula is C23H26F2N2O4. The highest BCUT2D eigenvalue weighted by Crippen LogP contribution is 2.32. The second-order valence-corrected chi connectivity index (χ2v) is 7.68. The number of carboxylic acid groups (broad SMARTS) is 1. The van der Waals surface area contributed by atoms with Crippen LogP contribution in [0.3, 0.4) is 0 Å². The van der Waals surface area contributed by atoms with Crippen LogP contribution in [0.1, 0.15) is 41.7 Å². The van der Waals surface area contributed by atoms with E-state index in [0.717, 1.165) is 0 Å². The summed E-state index contributed by atoms with van der Waals surface area (Å²) in [6, 6.07) is 13.9. The van der Waals surface area contributed by atoms with E-state index in [4.69, 9.17) is 9.84 Å². The Morgan fingerprint density at radius 2 is 1.87 bits per heavy atom. The standard InChI is InChI=1S/C23H26F2N2O4/c1-16(17-7-9-18(10-8-17)22(29)30)26-21(28)20-15-23(24,25)11-12-27(20)13-14-31-19-5-3-2-4-6-19/h2-10,16,20H,11-15H2,1H3,(H,26,28)(H,29,30)/t16?,20-/m1/s1. The van der Waals surface area contributed by atoms with Gasteiger partial charge in [-0.3, -0.25) is 9.69 Å². The molecule has 2 aromatic carbocycles. The number of hydrogen-bond acceptors (Lipinski definition) is 4. The Kier molecular flexibility index (Phi) is 7.22. The molecule has 0 aromatic heterocycles. The zero-order valence-electron chi connectivity index (χ0n) is 17.3. The summed E-state index contributed by atoms with van der Waals surface area (Å²) in [5.74, 6) is -3.73. The predicted molar refractivity (Wildman–Crippen MR) is 111 cm³/mol. The van der Waals surface area contributed by atoms with Gasteiger partial charge in [-0.05, 0) is 36.8 Å². The molecule has 2 aromatic rings. The molecule has 1 fully saturated rings. The molecule has 0 aliphatic carbocycles. The molecule has 1 aliphatic rings. The second-order valence-electron chi connectivity index (χ2n) is 7.68. The van der Waals surface area contributed by atoms with E-state index in [1.807, 2.05) is 30.3 Å². The number of alkyl halides is 2. The third kappa shape index (κ3) is 6.24. The first-order chi connectivity index (χ1) is 14.7. The van der Waals surface area contributed by atoms with E-state index in [2.05, 4.69) is 5.32 Å². The number of para-hydroxylation sites is 1. The predicted octanol–water partition coefficient (Wildman–Crippen LogP) is 3.74. The number of hydrogen-bond donors (Lipinski definition) is 2. The molecule has 1 heterocycles. The molecule has 1 unspecified atom stereocenters. The maximum Gasteiger partial charge on any atom is 0.335 e. The number of piperidine rings is 1. The second kappa shape index (κ2) is 9.87. The van der Waals surface area contributed by atoms with Crippen molar-refractivity contribution in [2.24, 2.45) is 0 Å². The summed E-state index contributed by atoms with van der Waals surface area (Å²) in [5, 5.41) is 11.8. The zero-order chi connectivity index (χ0) is 22.4. The molecule has 31 heavy (non-hydrogen) atoms. The molecule has 2 atom stereocenters. The first-order valence-electron chi connectivity index (χ1n) is 10.2. The van der Waals surface area contributed by atoms with Crippen molar-refractivity contribution >= 4 is 11.9 Å². The molecular weight excluding hydrogens is 406 g/mol. The average Bonchev–Trinajstić information content (AvgIpc) is 2.75. The lowest BCUT2D eigenvalue weighted by Crippen LogP contribution is -2.55. The van der Waals surface area contributed by atoms with E-state index in [-0.39, 0.29) is 25.1 Å². The maximum atomic E-state index is 14.1. The van der Waals surface area contributed by atoms with Crippen LogP contribution >= 0.6 is 0 Å². The number of ether oxygens (including phenoxy) is 1. The summed E-state index contributed by atoms with van der Waals surface area (Å²) in [5.41, 5.74) is 0.832. The number of carbonyl (C=O) groups is 2. The largest absolute Gasteiger partial charge is 0.492 e. The number of likely N-dealkylation sites (tertiary alicyclic amines) is 1. The van der Waals surface area contributed by atoms with Gasteiger partial charge in [0, 0.05) is 25.9 Å². The lowest BCUT2D eigenvalue weighted by atomic mass is 9.97. The van der Waals surface area contributed by atoms with Crippen molar-refractivity contribution in [2.75, 3.05) is 19.7 Å². The summed E-state index contributed by atoms with van der Waals surface area (Å²) < 4.78 is 33.8. The molecule has 8 heteroatoms. The van der Waals surface area contributed by atoms with Gasteiger partial charge in [-0.2, -0.15) is 0 Å². The van der Waals surface area contributed by atoms with Gasteiger partial charge in [0.2, 0.25) is 5.91 Å². The number of nitrogens with zero attached hydrogens (tertiary/aromatic N) is 1. The third-order valence-electron chi connectivity index (χ3n) is 5.41. The number of carbonyl (C=O) groups excluding carboxylic acids is 1. The molecule has 6 nitrogen and oxygen atoms in total. The molecule has 3 rings (SSSR count). The van der Waals surface area contributed by atoms with Gasteiger partial charge >= 0.3 is 5.97 Å². The highest BCUT2D eigenvalue weighted by atomic mass is 19.3. The van der Waals surface area contributed by atoms with Crippen molar-refractivity contribution in [2.45, 2.75) is 37.8 Å². The van der Waals surface area contributed by atoms with Crippen LogP contribution in [0.15, 0.2) is 54.6 Å². The number of carboxylic acids is 1.